The molecule has 86 valence electrons. The number of fused-ring (bicyclic) bond motifs is 1. The summed E-state index contributed by atoms with van der Waals surface area (Å²) in [6.07, 6.45) is 0. The SMILES string of the molecule is Cc1ccc([N+](=O)[O-])c2c1C(Br)C(C)(C)O2. The largest absolute Gasteiger partial charge is 0.479 e. The minimum absolute atomic E-state index is 0.0186. The average Bonchev–Trinajstić information content (AvgIpc) is 2.38. The van der Waals surface area contributed by atoms with E-state index in [1.54, 1.807) is 6.07 Å². The van der Waals surface area contributed by atoms with Crippen molar-refractivity contribution >= 4 is 21.6 Å². The van der Waals surface area contributed by atoms with Gasteiger partial charge < -0.3 is 4.74 Å². The molecule has 16 heavy (non-hydrogen) atoms. The van der Waals surface area contributed by atoms with E-state index in [4.69, 9.17) is 4.74 Å². The van der Waals surface area contributed by atoms with Crippen molar-refractivity contribution in [1.82, 2.24) is 0 Å². The molecule has 0 amide bonds. The first-order valence-corrected chi connectivity index (χ1v) is 5.87. The second kappa shape index (κ2) is 3.45. The van der Waals surface area contributed by atoms with Crippen LogP contribution in [0.25, 0.3) is 0 Å². The van der Waals surface area contributed by atoms with Crippen LogP contribution in [0, 0.1) is 17.0 Å². The van der Waals surface area contributed by atoms with Gasteiger partial charge in [0.1, 0.15) is 5.60 Å². The van der Waals surface area contributed by atoms with Gasteiger partial charge in [0.25, 0.3) is 0 Å². The molecular weight excluding hydrogens is 274 g/mol. The van der Waals surface area contributed by atoms with Crippen molar-refractivity contribution in [3.05, 3.63) is 33.4 Å². The van der Waals surface area contributed by atoms with E-state index in [2.05, 4.69) is 15.9 Å². The summed E-state index contributed by atoms with van der Waals surface area (Å²) in [4.78, 5) is 10.5. The Hall–Kier alpha value is -1.10. The summed E-state index contributed by atoms with van der Waals surface area (Å²) >= 11 is 3.55. The molecule has 0 aromatic heterocycles. The summed E-state index contributed by atoms with van der Waals surface area (Å²) in [5.41, 5.74) is 1.47. The molecule has 1 unspecified atom stereocenters. The summed E-state index contributed by atoms with van der Waals surface area (Å²) in [7, 11) is 0. The Balaban J connectivity index is 2.67. The van der Waals surface area contributed by atoms with Crippen molar-refractivity contribution in [2.75, 3.05) is 0 Å². The van der Waals surface area contributed by atoms with Crippen LogP contribution in [0.3, 0.4) is 0 Å². The van der Waals surface area contributed by atoms with Gasteiger partial charge in [0.15, 0.2) is 0 Å². The van der Waals surface area contributed by atoms with Crippen LogP contribution in [0.4, 0.5) is 5.69 Å². The van der Waals surface area contributed by atoms with Gasteiger partial charge in [-0.3, -0.25) is 10.1 Å². The quantitative estimate of drug-likeness (QED) is 0.451. The Morgan fingerprint density at radius 2 is 2.12 bits per heavy atom. The number of nitro benzene ring substituents is 1. The second-order valence-electron chi connectivity index (χ2n) is 4.47. The van der Waals surface area contributed by atoms with E-state index < -0.39 is 10.5 Å². The molecule has 0 saturated carbocycles. The fraction of sp³-hybridized carbons (Fsp3) is 0.455. The van der Waals surface area contributed by atoms with E-state index in [9.17, 15) is 10.1 Å². The lowest BCUT2D eigenvalue weighted by molar-refractivity contribution is -0.386. The van der Waals surface area contributed by atoms with Gasteiger partial charge in [-0.15, -0.1) is 0 Å². The molecule has 0 N–H and O–H groups in total. The number of alkyl halides is 1. The number of aryl methyl sites for hydroxylation is 1. The Kier molecular flexibility index (Phi) is 2.45. The zero-order chi connectivity index (χ0) is 12.1. The van der Waals surface area contributed by atoms with Crippen molar-refractivity contribution in [1.29, 1.82) is 0 Å². The second-order valence-corrected chi connectivity index (χ2v) is 5.39. The maximum atomic E-state index is 10.9. The monoisotopic (exact) mass is 285 g/mol. The van der Waals surface area contributed by atoms with Crippen molar-refractivity contribution in [3.63, 3.8) is 0 Å². The van der Waals surface area contributed by atoms with Crippen LogP contribution in [0.1, 0.15) is 29.8 Å². The van der Waals surface area contributed by atoms with E-state index in [-0.39, 0.29) is 10.5 Å². The molecule has 0 radical (unpaired) electrons. The molecule has 1 atom stereocenters. The van der Waals surface area contributed by atoms with Gasteiger partial charge in [-0.05, 0) is 26.3 Å². The highest BCUT2D eigenvalue weighted by Gasteiger charge is 2.44. The molecule has 2 rings (SSSR count). The fourth-order valence-electron chi connectivity index (χ4n) is 1.91. The van der Waals surface area contributed by atoms with Crippen LogP contribution in [-0.4, -0.2) is 10.5 Å². The minimum Gasteiger partial charge on any atom is -0.479 e. The van der Waals surface area contributed by atoms with Crippen molar-refractivity contribution in [3.8, 4) is 5.75 Å². The molecule has 1 aliphatic rings. The smallest absolute Gasteiger partial charge is 0.311 e. The van der Waals surface area contributed by atoms with E-state index in [1.807, 2.05) is 20.8 Å². The third-order valence-corrected chi connectivity index (χ3v) is 4.38. The van der Waals surface area contributed by atoms with Crippen LogP contribution in [0.5, 0.6) is 5.75 Å². The van der Waals surface area contributed by atoms with Gasteiger partial charge in [0, 0.05) is 11.6 Å². The normalized spacial score (nSPS) is 21.4. The summed E-state index contributed by atoms with van der Waals surface area (Å²) in [6.45, 7) is 5.76. The number of ether oxygens (including phenoxy) is 1. The fourth-order valence-corrected chi connectivity index (χ4v) is 2.58. The number of halogens is 1. The Bertz CT molecular complexity index is 471. The van der Waals surface area contributed by atoms with Crippen molar-refractivity contribution in [2.45, 2.75) is 31.2 Å². The van der Waals surface area contributed by atoms with Crippen molar-refractivity contribution in [2.24, 2.45) is 0 Å². The summed E-state index contributed by atoms with van der Waals surface area (Å²) in [5, 5.41) is 10.9. The minimum atomic E-state index is -0.459. The lowest BCUT2D eigenvalue weighted by atomic mass is 9.97. The Morgan fingerprint density at radius 1 is 1.50 bits per heavy atom. The third kappa shape index (κ3) is 1.50. The molecule has 0 bridgehead atoms. The Labute approximate surface area is 102 Å². The molecule has 0 aliphatic carbocycles. The molecular formula is C11H12BrNO3. The topological polar surface area (TPSA) is 52.4 Å². The molecule has 5 heteroatoms. The van der Waals surface area contributed by atoms with Crippen LogP contribution >= 0.6 is 15.9 Å². The number of nitro groups is 1. The van der Waals surface area contributed by atoms with Gasteiger partial charge in [-0.25, -0.2) is 0 Å². The molecule has 0 saturated heterocycles. The van der Waals surface area contributed by atoms with Gasteiger partial charge in [0.05, 0.1) is 9.75 Å². The van der Waals surface area contributed by atoms with Gasteiger partial charge in [0.2, 0.25) is 5.75 Å². The predicted octanol–water partition coefficient (Wildman–Crippen LogP) is 3.51. The molecule has 1 heterocycles. The number of nitrogens with zero attached hydrogens (tertiary/aromatic N) is 1. The predicted molar refractivity (Wildman–Crippen MR) is 64.2 cm³/mol. The third-order valence-electron chi connectivity index (χ3n) is 2.82. The van der Waals surface area contributed by atoms with E-state index in [1.165, 1.54) is 6.07 Å². The van der Waals surface area contributed by atoms with E-state index in [0.717, 1.165) is 11.1 Å². The lowest BCUT2D eigenvalue weighted by Crippen LogP contribution is -2.27. The van der Waals surface area contributed by atoms with Crippen LogP contribution in [0.2, 0.25) is 0 Å². The standard InChI is InChI=1S/C11H12BrNO3/c1-6-4-5-7(13(14)15)9-8(6)10(12)11(2,3)16-9/h4-5,10H,1-3H3. The highest BCUT2D eigenvalue weighted by molar-refractivity contribution is 9.09. The highest BCUT2D eigenvalue weighted by Crippen LogP contribution is 2.52. The first-order valence-electron chi connectivity index (χ1n) is 4.95. The molecule has 0 spiro atoms. The summed E-state index contributed by atoms with van der Waals surface area (Å²) in [5.74, 6) is 0.400. The van der Waals surface area contributed by atoms with E-state index >= 15 is 0 Å². The molecule has 1 aliphatic heterocycles. The molecule has 1 aromatic carbocycles. The van der Waals surface area contributed by atoms with Crippen LogP contribution < -0.4 is 4.74 Å². The van der Waals surface area contributed by atoms with E-state index in [0.29, 0.717) is 5.75 Å². The number of rotatable bonds is 1. The maximum Gasteiger partial charge on any atom is 0.311 e. The molecule has 4 nitrogen and oxygen atoms in total. The summed E-state index contributed by atoms with van der Waals surface area (Å²) in [6, 6.07) is 3.26. The maximum absolute atomic E-state index is 10.9. The van der Waals surface area contributed by atoms with Crippen LogP contribution in [-0.2, 0) is 0 Å². The number of benzene rings is 1. The summed E-state index contributed by atoms with van der Waals surface area (Å²) < 4.78 is 5.69. The zero-order valence-corrected chi connectivity index (χ0v) is 10.9. The lowest BCUT2D eigenvalue weighted by Gasteiger charge is -2.21. The van der Waals surface area contributed by atoms with Gasteiger partial charge in [-0.2, -0.15) is 0 Å². The number of hydrogen-bond acceptors (Lipinski definition) is 3. The highest BCUT2D eigenvalue weighted by atomic mass is 79.9. The van der Waals surface area contributed by atoms with Crippen molar-refractivity contribution < 1.29 is 9.66 Å². The number of hydrogen-bond donors (Lipinski definition) is 0. The first-order chi connectivity index (χ1) is 7.34. The Morgan fingerprint density at radius 3 is 2.69 bits per heavy atom. The van der Waals surface area contributed by atoms with Crippen LogP contribution in [0.15, 0.2) is 12.1 Å². The first kappa shape index (κ1) is 11.4. The molecule has 0 fully saturated rings. The van der Waals surface area contributed by atoms with Gasteiger partial charge in [-0.1, -0.05) is 22.0 Å². The van der Waals surface area contributed by atoms with Gasteiger partial charge >= 0.3 is 5.69 Å². The molecule has 1 aromatic rings. The zero-order valence-electron chi connectivity index (χ0n) is 9.28. The average molecular weight is 286 g/mol.